The molecule has 1 heterocycles. The minimum Gasteiger partial charge on any atom is -0.396 e. The van der Waals surface area contributed by atoms with Crippen LogP contribution in [0.1, 0.15) is 25.7 Å². The first-order valence-corrected chi connectivity index (χ1v) is 6.15. The van der Waals surface area contributed by atoms with Gasteiger partial charge in [-0.25, -0.2) is 0 Å². The van der Waals surface area contributed by atoms with E-state index in [1.165, 1.54) is 19.3 Å². The summed E-state index contributed by atoms with van der Waals surface area (Å²) < 4.78 is 0. The third kappa shape index (κ3) is 2.17. The highest BCUT2D eigenvalue weighted by molar-refractivity contribution is 4.98. The number of likely N-dealkylation sites (tertiary alicyclic amines) is 1. The fraction of sp³-hybridized carbons (Fsp3) is 1.00. The minimum absolute atomic E-state index is 0.147. The lowest BCUT2D eigenvalue weighted by molar-refractivity contribution is 0.0584. The largest absolute Gasteiger partial charge is 0.396 e. The molecule has 5 heteroatoms. The number of azide groups is 1. The molecule has 0 aromatic heterocycles. The van der Waals surface area contributed by atoms with Gasteiger partial charge in [0, 0.05) is 36.5 Å². The van der Waals surface area contributed by atoms with Crippen molar-refractivity contribution in [3.63, 3.8) is 0 Å². The fourth-order valence-electron chi connectivity index (χ4n) is 3.35. The summed E-state index contributed by atoms with van der Waals surface area (Å²) in [4.78, 5) is 5.12. The van der Waals surface area contributed by atoms with Gasteiger partial charge in [-0.1, -0.05) is 18.0 Å². The van der Waals surface area contributed by atoms with Crippen LogP contribution in [0.25, 0.3) is 10.4 Å². The molecule has 2 atom stereocenters. The summed E-state index contributed by atoms with van der Waals surface area (Å²) in [6.07, 6.45) is 4.96. The summed E-state index contributed by atoms with van der Waals surface area (Å²) in [6, 6.07) is 0. The predicted octanol–water partition coefficient (Wildman–Crippen LogP) is 1.78. The van der Waals surface area contributed by atoms with Crippen LogP contribution < -0.4 is 0 Å². The first-order chi connectivity index (χ1) is 7.80. The van der Waals surface area contributed by atoms with Crippen molar-refractivity contribution in [3.05, 3.63) is 10.4 Å². The molecule has 1 aliphatic heterocycles. The molecular formula is C11H20N4O. The van der Waals surface area contributed by atoms with Gasteiger partial charge in [-0.3, -0.25) is 0 Å². The predicted molar refractivity (Wildman–Crippen MR) is 61.9 cm³/mol. The average molecular weight is 224 g/mol. The Bertz CT molecular complexity index is 290. The Labute approximate surface area is 96.1 Å². The Morgan fingerprint density at radius 1 is 1.50 bits per heavy atom. The standard InChI is InChI=1S/C11H20N4O/c12-14-13-5-6-15-7-10-3-1-2-4-11(10,8-15)9-16/h10,16H,1-9H2/t10-,11-/m0/s1. The van der Waals surface area contributed by atoms with E-state index in [2.05, 4.69) is 14.9 Å². The summed E-state index contributed by atoms with van der Waals surface area (Å²) in [5, 5.41) is 13.2. The summed E-state index contributed by atoms with van der Waals surface area (Å²) >= 11 is 0. The van der Waals surface area contributed by atoms with Gasteiger partial charge < -0.3 is 10.0 Å². The molecule has 0 bridgehead atoms. The van der Waals surface area contributed by atoms with Crippen LogP contribution in [0.3, 0.4) is 0 Å². The van der Waals surface area contributed by atoms with E-state index in [-0.39, 0.29) is 5.41 Å². The van der Waals surface area contributed by atoms with E-state index in [1.807, 2.05) is 0 Å². The van der Waals surface area contributed by atoms with E-state index in [4.69, 9.17) is 5.53 Å². The van der Waals surface area contributed by atoms with E-state index < -0.39 is 0 Å². The molecule has 0 unspecified atom stereocenters. The molecule has 5 nitrogen and oxygen atoms in total. The third-order valence-corrected chi connectivity index (χ3v) is 4.25. The molecule has 1 saturated carbocycles. The number of nitrogens with zero attached hydrogens (tertiary/aromatic N) is 4. The summed E-state index contributed by atoms with van der Waals surface area (Å²) in [5.74, 6) is 0.650. The van der Waals surface area contributed by atoms with Crippen LogP contribution in [0.4, 0.5) is 0 Å². The van der Waals surface area contributed by atoms with Gasteiger partial charge in [0.05, 0.1) is 6.61 Å². The average Bonchev–Trinajstić information content (AvgIpc) is 2.68. The lowest BCUT2D eigenvalue weighted by Crippen LogP contribution is -2.37. The molecule has 0 spiro atoms. The van der Waals surface area contributed by atoms with Gasteiger partial charge in [0.2, 0.25) is 0 Å². The summed E-state index contributed by atoms with van der Waals surface area (Å²) in [7, 11) is 0. The second-order valence-electron chi connectivity index (χ2n) is 5.15. The lowest BCUT2D eigenvalue weighted by atomic mass is 9.69. The molecule has 0 aromatic rings. The SMILES string of the molecule is [N-]=[N+]=NCCN1C[C@@H]2CCCC[C@@]2(CO)C1. The molecular weight excluding hydrogens is 204 g/mol. The highest BCUT2D eigenvalue weighted by Crippen LogP contribution is 2.46. The van der Waals surface area contributed by atoms with E-state index in [1.54, 1.807) is 0 Å². The molecule has 16 heavy (non-hydrogen) atoms. The highest BCUT2D eigenvalue weighted by atomic mass is 16.3. The van der Waals surface area contributed by atoms with Crippen molar-refractivity contribution in [2.24, 2.45) is 16.4 Å². The van der Waals surface area contributed by atoms with E-state index in [9.17, 15) is 5.11 Å². The van der Waals surface area contributed by atoms with Crippen molar-refractivity contribution >= 4 is 0 Å². The Morgan fingerprint density at radius 2 is 2.38 bits per heavy atom. The van der Waals surface area contributed by atoms with Crippen LogP contribution in [-0.2, 0) is 0 Å². The molecule has 0 aromatic carbocycles. The fourth-order valence-corrected chi connectivity index (χ4v) is 3.35. The normalized spacial score (nSPS) is 34.4. The Balaban J connectivity index is 1.94. The first kappa shape index (κ1) is 11.7. The smallest absolute Gasteiger partial charge is 0.0502 e. The van der Waals surface area contributed by atoms with Crippen LogP contribution in [0.2, 0.25) is 0 Å². The molecule has 1 N–H and O–H groups in total. The molecule has 1 aliphatic carbocycles. The molecule has 90 valence electrons. The van der Waals surface area contributed by atoms with Crippen molar-refractivity contribution in [2.45, 2.75) is 25.7 Å². The maximum Gasteiger partial charge on any atom is 0.0502 e. The van der Waals surface area contributed by atoms with Gasteiger partial charge in [0.25, 0.3) is 0 Å². The van der Waals surface area contributed by atoms with Crippen molar-refractivity contribution in [1.29, 1.82) is 0 Å². The Hall–Kier alpha value is -0.770. The van der Waals surface area contributed by atoms with Gasteiger partial charge in [-0.2, -0.15) is 0 Å². The molecule has 2 fully saturated rings. The molecule has 2 rings (SSSR count). The molecule has 2 aliphatic rings. The number of hydrogen-bond donors (Lipinski definition) is 1. The zero-order valence-electron chi connectivity index (χ0n) is 9.68. The minimum atomic E-state index is 0.147. The zero-order chi connectivity index (χ0) is 11.4. The van der Waals surface area contributed by atoms with Crippen molar-refractivity contribution in [1.82, 2.24) is 4.90 Å². The van der Waals surface area contributed by atoms with Gasteiger partial charge in [0.1, 0.15) is 0 Å². The number of aliphatic hydroxyl groups excluding tert-OH is 1. The maximum atomic E-state index is 9.63. The van der Waals surface area contributed by atoms with Crippen LogP contribution in [0, 0.1) is 11.3 Å². The van der Waals surface area contributed by atoms with Crippen LogP contribution in [-0.4, -0.2) is 42.8 Å². The van der Waals surface area contributed by atoms with Crippen LogP contribution >= 0.6 is 0 Å². The third-order valence-electron chi connectivity index (χ3n) is 4.25. The van der Waals surface area contributed by atoms with E-state index in [0.29, 0.717) is 19.1 Å². The first-order valence-electron chi connectivity index (χ1n) is 6.15. The Morgan fingerprint density at radius 3 is 3.06 bits per heavy atom. The summed E-state index contributed by atoms with van der Waals surface area (Å²) in [5.41, 5.74) is 8.39. The quantitative estimate of drug-likeness (QED) is 0.449. The highest BCUT2D eigenvalue weighted by Gasteiger charge is 2.46. The van der Waals surface area contributed by atoms with E-state index >= 15 is 0 Å². The monoisotopic (exact) mass is 224 g/mol. The topological polar surface area (TPSA) is 72.2 Å². The van der Waals surface area contributed by atoms with Crippen molar-refractivity contribution in [2.75, 3.05) is 32.8 Å². The van der Waals surface area contributed by atoms with Crippen molar-refractivity contribution < 1.29 is 5.11 Å². The number of hydrogen-bond acceptors (Lipinski definition) is 3. The van der Waals surface area contributed by atoms with E-state index in [0.717, 1.165) is 26.1 Å². The zero-order valence-corrected chi connectivity index (χ0v) is 9.68. The van der Waals surface area contributed by atoms with Gasteiger partial charge in [-0.05, 0) is 24.3 Å². The van der Waals surface area contributed by atoms with Gasteiger partial charge in [-0.15, -0.1) is 0 Å². The van der Waals surface area contributed by atoms with Gasteiger partial charge in [0.15, 0.2) is 0 Å². The second-order valence-corrected chi connectivity index (χ2v) is 5.15. The van der Waals surface area contributed by atoms with Crippen LogP contribution in [0.5, 0.6) is 0 Å². The number of aliphatic hydroxyl groups is 1. The molecule has 0 amide bonds. The van der Waals surface area contributed by atoms with Crippen LogP contribution in [0.15, 0.2) is 5.11 Å². The Kier molecular flexibility index (Phi) is 3.69. The lowest BCUT2D eigenvalue weighted by Gasteiger charge is -2.36. The number of fused-ring (bicyclic) bond motifs is 1. The van der Waals surface area contributed by atoms with Gasteiger partial charge >= 0.3 is 0 Å². The molecule has 0 radical (unpaired) electrons. The summed E-state index contributed by atoms with van der Waals surface area (Å²) in [6.45, 7) is 3.75. The molecule has 1 saturated heterocycles. The van der Waals surface area contributed by atoms with Crippen molar-refractivity contribution in [3.8, 4) is 0 Å². The number of rotatable bonds is 4. The second kappa shape index (κ2) is 5.04. The maximum absolute atomic E-state index is 9.63.